The van der Waals surface area contributed by atoms with Crippen molar-refractivity contribution in [2.75, 3.05) is 37.6 Å². The molecule has 1 amide bonds. The van der Waals surface area contributed by atoms with Crippen LogP contribution in [0, 0.1) is 0 Å². The SMILES string of the molecule is COC(=O)c1c(NC(=O)C2CCCO2)c2cc(NCc3cccc(OCCO)c3)cnc2n1CCc1ccccc1. The van der Waals surface area contributed by atoms with Gasteiger partial charge in [-0.25, -0.2) is 9.78 Å². The number of benzene rings is 2. The topological polar surface area (TPSA) is 124 Å². The lowest BCUT2D eigenvalue weighted by Gasteiger charge is -2.13. The molecule has 2 aromatic heterocycles. The third kappa shape index (κ3) is 6.67. The zero-order valence-corrected chi connectivity index (χ0v) is 23.0. The number of pyridine rings is 1. The number of amides is 1. The summed E-state index contributed by atoms with van der Waals surface area (Å²) in [4.78, 5) is 31.0. The summed E-state index contributed by atoms with van der Waals surface area (Å²) in [6.45, 7) is 1.64. The van der Waals surface area contributed by atoms with E-state index in [9.17, 15) is 9.59 Å². The summed E-state index contributed by atoms with van der Waals surface area (Å²) in [5.41, 5.74) is 3.96. The van der Waals surface area contributed by atoms with Crippen molar-refractivity contribution in [1.29, 1.82) is 0 Å². The summed E-state index contributed by atoms with van der Waals surface area (Å²) in [5.74, 6) is -0.190. The van der Waals surface area contributed by atoms with E-state index < -0.39 is 12.1 Å². The second-order valence-electron chi connectivity index (χ2n) is 9.76. The minimum Gasteiger partial charge on any atom is -0.491 e. The summed E-state index contributed by atoms with van der Waals surface area (Å²) in [5, 5.41) is 16.0. The van der Waals surface area contributed by atoms with Crippen LogP contribution in [0.15, 0.2) is 66.9 Å². The van der Waals surface area contributed by atoms with Gasteiger partial charge in [0.25, 0.3) is 5.91 Å². The number of nitrogens with zero attached hydrogens (tertiary/aromatic N) is 2. The maximum atomic E-state index is 13.2. The Bertz CT molecular complexity index is 1500. The van der Waals surface area contributed by atoms with Gasteiger partial charge in [-0.3, -0.25) is 4.79 Å². The molecule has 41 heavy (non-hydrogen) atoms. The number of aliphatic hydroxyl groups excluding tert-OH is 1. The van der Waals surface area contributed by atoms with Crippen molar-refractivity contribution in [1.82, 2.24) is 9.55 Å². The molecule has 10 nitrogen and oxygen atoms in total. The number of hydrogen-bond donors (Lipinski definition) is 3. The fourth-order valence-corrected chi connectivity index (χ4v) is 4.96. The highest BCUT2D eigenvalue weighted by Crippen LogP contribution is 2.34. The van der Waals surface area contributed by atoms with E-state index in [1.165, 1.54) is 7.11 Å². The van der Waals surface area contributed by atoms with Crippen LogP contribution in [0.25, 0.3) is 11.0 Å². The third-order valence-corrected chi connectivity index (χ3v) is 6.97. The molecule has 0 aliphatic carbocycles. The smallest absolute Gasteiger partial charge is 0.356 e. The molecule has 10 heteroatoms. The number of aromatic nitrogens is 2. The number of aliphatic hydroxyl groups is 1. The zero-order valence-electron chi connectivity index (χ0n) is 23.0. The summed E-state index contributed by atoms with van der Waals surface area (Å²) in [6, 6.07) is 19.4. The van der Waals surface area contributed by atoms with Crippen LogP contribution in [0.5, 0.6) is 5.75 Å². The van der Waals surface area contributed by atoms with Crippen LogP contribution in [0.4, 0.5) is 11.4 Å². The lowest BCUT2D eigenvalue weighted by molar-refractivity contribution is -0.124. The first-order valence-corrected chi connectivity index (χ1v) is 13.7. The molecule has 214 valence electrons. The minimum absolute atomic E-state index is 0.0571. The predicted molar refractivity (Wildman–Crippen MR) is 155 cm³/mol. The highest BCUT2D eigenvalue weighted by atomic mass is 16.5. The molecule has 5 rings (SSSR count). The fraction of sp³-hybridized carbons (Fsp3) is 0.323. The maximum absolute atomic E-state index is 13.2. The average Bonchev–Trinajstić information content (AvgIpc) is 3.65. The number of hydrogen-bond acceptors (Lipinski definition) is 8. The van der Waals surface area contributed by atoms with E-state index >= 15 is 0 Å². The number of rotatable bonds is 12. The van der Waals surface area contributed by atoms with Gasteiger partial charge in [-0.1, -0.05) is 42.5 Å². The first-order chi connectivity index (χ1) is 20.1. The Morgan fingerprint density at radius 1 is 1.12 bits per heavy atom. The van der Waals surface area contributed by atoms with E-state index in [-0.39, 0.29) is 24.8 Å². The van der Waals surface area contributed by atoms with Gasteiger partial charge in [0, 0.05) is 25.1 Å². The van der Waals surface area contributed by atoms with Crippen LogP contribution in [0.1, 0.15) is 34.5 Å². The largest absolute Gasteiger partial charge is 0.491 e. The van der Waals surface area contributed by atoms with Gasteiger partial charge in [0.2, 0.25) is 0 Å². The summed E-state index contributed by atoms with van der Waals surface area (Å²) in [7, 11) is 1.33. The zero-order chi connectivity index (χ0) is 28.6. The van der Waals surface area contributed by atoms with Gasteiger partial charge in [0.15, 0.2) is 5.69 Å². The third-order valence-electron chi connectivity index (χ3n) is 6.97. The Morgan fingerprint density at radius 3 is 2.71 bits per heavy atom. The fourth-order valence-electron chi connectivity index (χ4n) is 4.96. The van der Waals surface area contributed by atoms with Gasteiger partial charge < -0.3 is 34.5 Å². The highest BCUT2D eigenvalue weighted by molar-refractivity contribution is 6.12. The Labute approximate surface area is 238 Å². The van der Waals surface area contributed by atoms with E-state index in [1.54, 1.807) is 6.20 Å². The Balaban J connectivity index is 1.49. The molecule has 1 aliphatic heterocycles. The first kappa shape index (κ1) is 28.1. The molecule has 0 spiro atoms. The molecule has 0 radical (unpaired) electrons. The normalized spacial score (nSPS) is 14.6. The number of methoxy groups -OCH3 is 1. The van der Waals surface area contributed by atoms with Crippen LogP contribution in [0.3, 0.4) is 0 Å². The van der Waals surface area contributed by atoms with Crippen molar-refractivity contribution >= 4 is 34.3 Å². The molecule has 3 heterocycles. The van der Waals surface area contributed by atoms with Crippen LogP contribution < -0.4 is 15.4 Å². The number of nitrogens with one attached hydrogen (secondary N) is 2. The maximum Gasteiger partial charge on any atom is 0.356 e. The molecule has 3 N–H and O–H groups in total. The Kier molecular flexibility index (Phi) is 9.12. The summed E-state index contributed by atoms with van der Waals surface area (Å²) >= 11 is 0. The van der Waals surface area contributed by atoms with Gasteiger partial charge in [-0.2, -0.15) is 0 Å². The lowest BCUT2D eigenvalue weighted by Crippen LogP contribution is -2.28. The van der Waals surface area contributed by atoms with Gasteiger partial charge in [-0.05, 0) is 48.6 Å². The standard InChI is InChI=1S/C31H34N4O6/c1-39-31(38)28-27(34-30(37)26-11-6-15-41-26)25-18-23(32-19-22-9-5-10-24(17-22)40-16-14-36)20-33-29(25)35(28)13-12-21-7-3-2-4-8-21/h2-5,7-10,17-18,20,26,32,36H,6,11-16,19H2,1H3,(H,34,37). The Hall–Kier alpha value is -4.41. The van der Waals surface area contributed by atoms with Crippen LogP contribution in [0.2, 0.25) is 0 Å². The van der Waals surface area contributed by atoms with Crippen molar-refractivity contribution in [3.8, 4) is 5.75 Å². The van der Waals surface area contributed by atoms with Crippen molar-refractivity contribution in [3.63, 3.8) is 0 Å². The van der Waals surface area contributed by atoms with Crippen molar-refractivity contribution in [2.45, 2.75) is 38.5 Å². The number of aryl methyl sites for hydroxylation is 2. The summed E-state index contributed by atoms with van der Waals surface area (Å²) in [6.07, 6.45) is 3.23. The van der Waals surface area contributed by atoms with Crippen molar-refractivity contribution < 1.29 is 28.9 Å². The van der Waals surface area contributed by atoms with Crippen molar-refractivity contribution in [3.05, 3.63) is 83.7 Å². The quantitative estimate of drug-likeness (QED) is 0.222. The van der Waals surface area contributed by atoms with E-state index in [1.807, 2.05) is 65.2 Å². The molecule has 1 aliphatic rings. The minimum atomic E-state index is -0.571. The molecule has 1 atom stereocenters. The molecular weight excluding hydrogens is 524 g/mol. The number of carbonyl (C=O) groups is 2. The average molecular weight is 559 g/mol. The molecule has 1 unspecified atom stereocenters. The van der Waals surface area contributed by atoms with Crippen LogP contribution >= 0.6 is 0 Å². The van der Waals surface area contributed by atoms with Gasteiger partial charge in [0.1, 0.15) is 24.1 Å². The number of esters is 1. The molecule has 4 aromatic rings. The van der Waals surface area contributed by atoms with E-state index in [0.717, 1.165) is 17.5 Å². The van der Waals surface area contributed by atoms with E-state index in [4.69, 9.17) is 24.3 Å². The monoisotopic (exact) mass is 558 g/mol. The molecule has 1 fully saturated rings. The van der Waals surface area contributed by atoms with E-state index in [2.05, 4.69) is 10.6 Å². The molecule has 1 saturated heterocycles. The van der Waals surface area contributed by atoms with Crippen molar-refractivity contribution in [2.24, 2.45) is 0 Å². The van der Waals surface area contributed by atoms with Crippen LogP contribution in [-0.4, -0.2) is 59.6 Å². The van der Waals surface area contributed by atoms with Gasteiger partial charge in [0.05, 0.1) is 31.3 Å². The van der Waals surface area contributed by atoms with Crippen LogP contribution in [-0.2, 0) is 33.8 Å². The lowest BCUT2D eigenvalue weighted by atomic mass is 10.1. The molecule has 0 bridgehead atoms. The second-order valence-corrected chi connectivity index (χ2v) is 9.76. The summed E-state index contributed by atoms with van der Waals surface area (Å²) < 4.78 is 18.1. The van der Waals surface area contributed by atoms with Gasteiger partial charge in [-0.15, -0.1) is 0 Å². The predicted octanol–water partition coefficient (Wildman–Crippen LogP) is 4.17. The number of carbonyl (C=O) groups excluding carboxylic acids is 2. The Morgan fingerprint density at radius 2 is 1.95 bits per heavy atom. The molecule has 0 saturated carbocycles. The number of fused-ring (bicyclic) bond motifs is 1. The highest BCUT2D eigenvalue weighted by Gasteiger charge is 2.30. The van der Waals surface area contributed by atoms with E-state index in [0.29, 0.717) is 60.7 Å². The van der Waals surface area contributed by atoms with Gasteiger partial charge >= 0.3 is 5.97 Å². The molecule has 2 aromatic carbocycles. The first-order valence-electron chi connectivity index (χ1n) is 13.7. The second kappa shape index (κ2) is 13.3. The molecular formula is C31H34N4O6. The number of ether oxygens (including phenoxy) is 3. The number of anilines is 2.